The lowest BCUT2D eigenvalue weighted by molar-refractivity contribution is -0.114. The van der Waals surface area contributed by atoms with Crippen LogP contribution in [0.3, 0.4) is 0 Å². The number of hydrogen-bond acceptors (Lipinski definition) is 5. The van der Waals surface area contributed by atoms with E-state index in [4.69, 9.17) is 4.74 Å². The number of rotatable bonds is 5. The molecule has 1 aliphatic rings. The second-order valence-corrected chi connectivity index (χ2v) is 8.33. The van der Waals surface area contributed by atoms with Gasteiger partial charge in [0.05, 0.1) is 16.8 Å². The van der Waals surface area contributed by atoms with E-state index >= 15 is 0 Å². The van der Waals surface area contributed by atoms with Crippen molar-refractivity contribution in [1.82, 2.24) is 9.29 Å². The summed E-state index contributed by atoms with van der Waals surface area (Å²) in [5.74, 6) is -1.72. The first-order valence-corrected chi connectivity index (χ1v) is 10.0. The van der Waals surface area contributed by atoms with Gasteiger partial charge in [0.25, 0.3) is 0 Å². The molecule has 0 spiro atoms. The summed E-state index contributed by atoms with van der Waals surface area (Å²) in [6.45, 7) is 1.72. The molecule has 0 atom stereocenters. The van der Waals surface area contributed by atoms with Crippen molar-refractivity contribution < 1.29 is 26.7 Å². The first kappa shape index (κ1) is 20.2. The lowest BCUT2D eigenvalue weighted by Crippen LogP contribution is -2.41. The van der Waals surface area contributed by atoms with Crippen LogP contribution in [-0.4, -0.2) is 42.8 Å². The SMILES string of the molecule is CC(=O)Nc1ccc(OC2CCN(S(=O)(=O)c3cc(F)cc(F)c3)CC2)nc1. The van der Waals surface area contributed by atoms with Gasteiger partial charge in [0.2, 0.25) is 21.8 Å². The molecule has 10 heteroatoms. The Morgan fingerprint density at radius 2 is 1.82 bits per heavy atom. The molecular weight excluding hydrogens is 392 g/mol. The molecule has 0 bridgehead atoms. The number of carbonyl (C=O) groups excluding carboxylic acids is 1. The number of pyridine rings is 1. The number of aromatic nitrogens is 1. The van der Waals surface area contributed by atoms with Crippen LogP contribution >= 0.6 is 0 Å². The van der Waals surface area contributed by atoms with Gasteiger partial charge >= 0.3 is 0 Å². The van der Waals surface area contributed by atoms with Gasteiger partial charge in [0, 0.05) is 32.1 Å². The van der Waals surface area contributed by atoms with Crippen molar-refractivity contribution in [2.75, 3.05) is 18.4 Å². The van der Waals surface area contributed by atoms with Gasteiger partial charge in [-0.3, -0.25) is 4.79 Å². The number of hydrogen-bond donors (Lipinski definition) is 1. The number of amides is 1. The van der Waals surface area contributed by atoms with Gasteiger partial charge in [-0.2, -0.15) is 4.31 Å². The summed E-state index contributed by atoms with van der Waals surface area (Å²) < 4.78 is 58.8. The Morgan fingerprint density at radius 1 is 1.18 bits per heavy atom. The highest BCUT2D eigenvalue weighted by atomic mass is 32.2. The van der Waals surface area contributed by atoms with Crippen LogP contribution in [0.2, 0.25) is 0 Å². The number of nitrogens with one attached hydrogen (secondary N) is 1. The van der Waals surface area contributed by atoms with Gasteiger partial charge in [-0.15, -0.1) is 0 Å². The normalized spacial score (nSPS) is 16.0. The van der Waals surface area contributed by atoms with Gasteiger partial charge in [0.1, 0.15) is 17.7 Å². The van der Waals surface area contributed by atoms with Gasteiger partial charge in [0.15, 0.2) is 0 Å². The largest absolute Gasteiger partial charge is 0.474 e. The number of carbonyl (C=O) groups is 1. The number of anilines is 1. The van der Waals surface area contributed by atoms with E-state index in [9.17, 15) is 22.0 Å². The zero-order valence-electron chi connectivity index (χ0n) is 15.1. The molecule has 3 rings (SSSR count). The molecule has 2 heterocycles. The van der Waals surface area contributed by atoms with Crippen LogP contribution in [0.25, 0.3) is 0 Å². The number of ether oxygens (including phenoxy) is 1. The average Bonchev–Trinajstić information content (AvgIpc) is 2.62. The topological polar surface area (TPSA) is 88.6 Å². The molecule has 1 saturated heterocycles. The van der Waals surface area contributed by atoms with E-state index in [0.717, 1.165) is 12.1 Å². The summed E-state index contributed by atoms with van der Waals surface area (Å²) in [5.41, 5.74) is 0.545. The van der Waals surface area contributed by atoms with Crippen LogP contribution in [0.15, 0.2) is 41.4 Å². The predicted octanol–water partition coefficient (Wildman–Crippen LogP) is 2.55. The smallest absolute Gasteiger partial charge is 0.243 e. The third-order valence-corrected chi connectivity index (χ3v) is 6.10. The fraction of sp³-hybridized carbons (Fsp3) is 0.333. The first-order chi connectivity index (χ1) is 13.2. The van der Waals surface area contributed by atoms with Crippen molar-refractivity contribution in [2.45, 2.75) is 30.8 Å². The number of piperidine rings is 1. The summed E-state index contributed by atoms with van der Waals surface area (Å²) in [6.07, 6.45) is 2.04. The highest BCUT2D eigenvalue weighted by Gasteiger charge is 2.31. The summed E-state index contributed by atoms with van der Waals surface area (Å²) in [4.78, 5) is 14.7. The van der Waals surface area contributed by atoms with Crippen LogP contribution in [0.1, 0.15) is 19.8 Å². The number of sulfonamides is 1. The Hall–Kier alpha value is -2.59. The fourth-order valence-electron chi connectivity index (χ4n) is 2.91. The molecule has 1 fully saturated rings. The van der Waals surface area contributed by atoms with Crippen molar-refractivity contribution in [3.05, 3.63) is 48.2 Å². The van der Waals surface area contributed by atoms with Gasteiger partial charge < -0.3 is 10.1 Å². The van der Waals surface area contributed by atoms with E-state index in [0.29, 0.717) is 30.5 Å². The van der Waals surface area contributed by atoms with Crippen LogP contribution in [-0.2, 0) is 14.8 Å². The maximum Gasteiger partial charge on any atom is 0.243 e. The summed E-state index contributed by atoms with van der Waals surface area (Å²) in [5, 5.41) is 2.60. The van der Waals surface area contributed by atoms with Gasteiger partial charge in [-0.25, -0.2) is 22.2 Å². The van der Waals surface area contributed by atoms with Crippen molar-refractivity contribution in [2.24, 2.45) is 0 Å². The van der Waals surface area contributed by atoms with Crippen LogP contribution in [0.4, 0.5) is 14.5 Å². The molecule has 28 heavy (non-hydrogen) atoms. The maximum atomic E-state index is 13.4. The number of benzene rings is 1. The van der Waals surface area contributed by atoms with Gasteiger partial charge in [-0.1, -0.05) is 0 Å². The Labute approximate surface area is 161 Å². The monoisotopic (exact) mass is 411 g/mol. The first-order valence-electron chi connectivity index (χ1n) is 8.60. The second kappa shape index (κ2) is 8.19. The molecule has 1 aromatic carbocycles. The minimum absolute atomic E-state index is 0.162. The zero-order valence-corrected chi connectivity index (χ0v) is 15.9. The molecule has 1 amide bonds. The van der Waals surface area contributed by atoms with Crippen LogP contribution in [0, 0.1) is 11.6 Å². The van der Waals surface area contributed by atoms with E-state index < -0.39 is 26.6 Å². The van der Waals surface area contributed by atoms with Crippen molar-refractivity contribution in [3.63, 3.8) is 0 Å². The molecule has 7 nitrogen and oxygen atoms in total. The molecule has 0 aliphatic carbocycles. The number of halogens is 2. The molecule has 1 N–H and O–H groups in total. The summed E-state index contributed by atoms with van der Waals surface area (Å²) in [6, 6.07) is 5.51. The highest BCUT2D eigenvalue weighted by molar-refractivity contribution is 7.89. The van der Waals surface area contributed by atoms with Crippen molar-refractivity contribution >= 4 is 21.6 Å². The van der Waals surface area contributed by atoms with E-state index in [-0.39, 0.29) is 25.1 Å². The molecule has 1 aromatic heterocycles. The lowest BCUT2D eigenvalue weighted by Gasteiger charge is -2.31. The standard InChI is InChI=1S/C18H19F2N3O4S/c1-12(24)22-15-2-3-18(21-11-15)27-16-4-6-23(7-5-16)28(25,26)17-9-13(19)8-14(20)10-17/h2-3,8-11,16H,4-7H2,1H3,(H,22,24). The minimum atomic E-state index is -3.98. The lowest BCUT2D eigenvalue weighted by atomic mass is 10.1. The molecule has 0 radical (unpaired) electrons. The highest BCUT2D eigenvalue weighted by Crippen LogP contribution is 2.24. The van der Waals surface area contributed by atoms with Crippen LogP contribution in [0.5, 0.6) is 5.88 Å². The Bertz CT molecular complexity index is 939. The van der Waals surface area contributed by atoms with E-state index in [1.54, 1.807) is 12.1 Å². The molecule has 1 aliphatic heterocycles. The quantitative estimate of drug-likeness (QED) is 0.817. The van der Waals surface area contributed by atoms with Crippen molar-refractivity contribution in [3.8, 4) is 5.88 Å². The third kappa shape index (κ3) is 4.82. The minimum Gasteiger partial charge on any atom is -0.474 e. The predicted molar refractivity (Wildman–Crippen MR) is 97.3 cm³/mol. The maximum absolute atomic E-state index is 13.4. The van der Waals surface area contributed by atoms with E-state index in [1.807, 2.05) is 0 Å². The molecule has 150 valence electrons. The average molecular weight is 411 g/mol. The van der Waals surface area contributed by atoms with Gasteiger partial charge in [-0.05, 0) is 31.0 Å². The molecular formula is C18H19F2N3O4S. The number of nitrogens with zero attached hydrogens (tertiary/aromatic N) is 2. The third-order valence-electron chi connectivity index (χ3n) is 4.22. The Morgan fingerprint density at radius 3 is 2.36 bits per heavy atom. The Balaban J connectivity index is 1.60. The Kier molecular flexibility index (Phi) is 5.90. The van der Waals surface area contributed by atoms with E-state index in [1.165, 1.54) is 17.4 Å². The molecule has 0 unspecified atom stereocenters. The molecule has 2 aromatic rings. The summed E-state index contributed by atoms with van der Waals surface area (Å²) >= 11 is 0. The van der Waals surface area contributed by atoms with Crippen molar-refractivity contribution in [1.29, 1.82) is 0 Å². The molecule has 0 saturated carbocycles. The van der Waals surface area contributed by atoms with Crippen LogP contribution < -0.4 is 10.1 Å². The second-order valence-electron chi connectivity index (χ2n) is 6.39. The van der Waals surface area contributed by atoms with E-state index in [2.05, 4.69) is 10.3 Å². The fourth-order valence-corrected chi connectivity index (χ4v) is 4.43. The zero-order chi connectivity index (χ0) is 20.3. The summed E-state index contributed by atoms with van der Waals surface area (Å²) in [7, 11) is -3.98.